The summed E-state index contributed by atoms with van der Waals surface area (Å²) in [5, 5.41) is 10.7. The highest BCUT2D eigenvalue weighted by Gasteiger charge is 2.06. The molecule has 0 saturated carbocycles. The third kappa shape index (κ3) is 4.67. The average Bonchev–Trinajstić information content (AvgIpc) is 2.16. The van der Waals surface area contributed by atoms with Crippen LogP contribution < -0.4 is 5.32 Å². The second kappa shape index (κ2) is 5.99. The van der Waals surface area contributed by atoms with Crippen LogP contribution in [0.1, 0.15) is 0 Å². The molecule has 16 heavy (non-hydrogen) atoms. The van der Waals surface area contributed by atoms with Crippen molar-refractivity contribution >= 4 is 29.4 Å². The lowest BCUT2D eigenvalue weighted by Crippen LogP contribution is -2.21. The zero-order valence-corrected chi connectivity index (χ0v) is 8.77. The van der Waals surface area contributed by atoms with E-state index in [-0.39, 0.29) is 17.7 Å². The molecule has 0 spiro atoms. The summed E-state index contributed by atoms with van der Waals surface area (Å²) in [6.45, 7) is -0.925. The van der Waals surface area contributed by atoms with Crippen LogP contribution >= 0.6 is 11.6 Å². The van der Waals surface area contributed by atoms with Gasteiger partial charge in [0.05, 0.1) is 0 Å². The molecule has 0 radical (unpaired) electrons. The molecule has 0 aliphatic rings. The summed E-state index contributed by atoms with van der Waals surface area (Å²) in [7, 11) is 0. The van der Waals surface area contributed by atoms with Gasteiger partial charge in [0, 0.05) is 6.20 Å². The number of aliphatic carboxylic acids is 1. The number of carbonyl (C=O) groups excluding carboxylic acids is 1. The standard InChI is InChI=1S/C8H8ClN3O4/c9-5-1-2-10-8(11-5)12-6(13)3-16-4-7(14)15/h1-2H,3-4H2,(H,14,15)(H,10,11,12,13). The van der Waals surface area contributed by atoms with E-state index in [1.807, 2.05) is 0 Å². The Bertz CT molecular complexity index is 399. The van der Waals surface area contributed by atoms with Crippen LogP contribution in [0, 0.1) is 0 Å². The van der Waals surface area contributed by atoms with Crippen molar-refractivity contribution in [1.82, 2.24) is 9.97 Å². The summed E-state index contributed by atoms with van der Waals surface area (Å²) in [4.78, 5) is 28.7. The largest absolute Gasteiger partial charge is 0.480 e. The van der Waals surface area contributed by atoms with Crippen molar-refractivity contribution in [1.29, 1.82) is 0 Å². The molecule has 0 aliphatic heterocycles. The number of carboxylic acid groups (broad SMARTS) is 1. The number of aromatic nitrogens is 2. The Morgan fingerprint density at radius 3 is 2.88 bits per heavy atom. The van der Waals surface area contributed by atoms with Gasteiger partial charge in [0.25, 0.3) is 5.91 Å². The highest BCUT2D eigenvalue weighted by atomic mass is 35.5. The maximum absolute atomic E-state index is 11.2. The zero-order valence-electron chi connectivity index (χ0n) is 8.01. The second-order valence-corrected chi connectivity index (χ2v) is 3.02. The van der Waals surface area contributed by atoms with Crippen LogP contribution in [0.25, 0.3) is 0 Å². The van der Waals surface area contributed by atoms with E-state index in [0.717, 1.165) is 0 Å². The third-order valence-corrected chi connectivity index (χ3v) is 1.54. The van der Waals surface area contributed by atoms with Gasteiger partial charge in [-0.05, 0) is 6.07 Å². The minimum absolute atomic E-state index is 0.0384. The van der Waals surface area contributed by atoms with Crippen molar-refractivity contribution in [3.63, 3.8) is 0 Å². The molecule has 0 saturated heterocycles. The van der Waals surface area contributed by atoms with Crippen LogP contribution in [0.3, 0.4) is 0 Å². The second-order valence-electron chi connectivity index (χ2n) is 2.64. The van der Waals surface area contributed by atoms with E-state index < -0.39 is 18.5 Å². The summed E-state index contributed by atoms with van der Waals surface area (Å²) in [5.74, 6) is -1.66. The zero-order chi connectivity index (χ0) is 12.0. The molecule has 1 rings (SSSR count). The Morgan fingerprint density at radius 1 is 1.50 bits per heavy atom. The van der Waals surface area contributed by atoms with Crippen molar-refractivity contribution in [3.8, 4) is 0 Å². The summed E-state index contributed by atoms with van der Waals surface area (Å²) >= 11 is 5.56. The Kier molecular flexibility index (Phi) is 4.62. The molecule has 1 aromatic heterocycles. The number of hydrogen-bond acceptors (Lipinski definition) is 5. The monoisotopic (exact) mass is 245 g/mol. The number of ether oxygens (including phenoxy) is 1. The van der Waals surface area contributed by atoms with Crippen LogP contribution in [-0.2, 0) is 14.3 Å². The minimum Gasteiger partial charge on any atom is -0.480 e. The van der Waals surface area contributed by atoms with Gasteiger partial charge < -0.3 is 9.84 Å². The minimum atomic E-state index is -1.15. The quantitative estimate of drug-likeness (QED) is 0.717. The van der Waals surface area contributed by atoms with Crippen LogP contribution in [-0.4, -0.2) is 40.2 Å². The smallest absolute Gasteiger partial charge is 0.329 e. The number of nitrogens with one attached hydrogen (secondary N) is 1. The molecule has 86 valence electrons. The van der Waals surface area contributed by atoms with E-state index in [2.05, 4.69) is 20.0 Å². The van der Waals surface area contributed by atoms with E-state index >= 15 is 0 Å². The van der Waals surface area contributed by atoms with E-state index in [1.165, 1.54) is 12.3 Å². The van der Waals surface area contributed by atoms with E-state index in [0.29, 0.717) is 0 Å². The Labute approximate surface area is 95.4 Å². The van der Waals surface area contributed by atoms with Gasteiger partial charge in [0.2, 0.25) is 5.95 Å². The maximum Gasteiger partial charge on any atom is 0.329 e. The average molecular weight is 246 g/mol. The fourth-order valence-electron chi connectivity index (χ4n) is 0.789. The normalized spacial score (nSPS) is 9.81. The molecular weight excluding hydrogens is 238 g/mol. The number of amides is 1. The molecule has 0 fully saturated rings. The van der Waals surface area contributed by atoms with Crippen molar-refractivity contribution in [2.45, 2.75) is 0 Å². The van der Waals surface area contributed by atoms with Gasteiger partial charge in [-0.3, -0.25) is 10.1 Å². The molecule has 0 aliphatic carbocycles. The van der Waals surface area contributed by atoms with Gasteiger partial charge in [0.15, 0.2) is 0 Å². The van der Waals surface area contributed by atoms with Crippen LogP contribution in [0.5, 0.6) is 0 Å². The summed E-state index contributed by atoms with van der Waals surface area (Å²) in [6, 6.07) is 1.46. The van der Waals surface area contributed by atoms with Gasteiger partial charge >= 0.3 is 5.97 Å². The van der Waals surface area contributed by atoms with Gasteiger partial charge in [-0.25, -0.2) is 14.8 Å². The molecule has 0 aromatic carbocycles. The molecule has 1 amide bonds. The van der Waals surface area contributed by atoms with E-state index in [9.17, 15) is 9.59 Å². The van der Waals surface area contributed by atoms with Crippen molar-refractivity contribution < 1.29 is 19.4 Å². The predicted molar refractivity (Wildman–Crippen MR) is 54.1 cm³/mol. The first-order valence-electron chi connectivity index (χ1n) is 4.16. The number of halogens is 1. The van der Waals surface area contributed by atoms with Gasteiger partial charge in [-0.15, -0.1) is 0 Å². The van der Waals surface area contributed by atoms with Gasteiger partial charge in [-0.2, -0.15) is 0 Å². The molecule has 1 aromatic rings. The lowest BCUT2D eigenvalue weighted by Gasteiger charge is -2.03. The Hall–Kier alpha value is -1.73. The first-order valence-corrected chi connectivity index (χ1v) is 4.53. The number of hydrogen-bond donors (Lipinski definition) is 2. The molecule has 7 nitrogen and oxygen atoms in total. The van der Waals surface area contributed by atoms with E-state index in [4.69, 9.17) is 16.7 Å². The van der Waals surface area contributed by atoms with Crippen LogP contribution in [0.2, 0.25) is 5.15 Å². The van der Waals surface area contributed by atoms with Crippen LogP contribution in [0.15, 0.2) is 12.3 Å². The molecule has 0 bridgehead atoms. The first kappa shape index (κ1) is 12.3. The fourth-order valence-corrected chi connectivity index (χ4v) is 0.925. The lowest BCUT2D eigenvalue weighted by atomic mass is 10.6. The molecule has 1 heterocycles. The third-order valence-electron chi connectivity index (χ3n) is 1.33. The molecule has 8 heteroatoms. The van der Waals surface area contributed by atoms with Gasteiger partial charge in [0.1, 0.15) is 18.4 Å². The van der Waals surface area contributed by atoms with E-state index in [1.54, 1.807) is 0 Å². The van der Waals surface area contributed by atoms with Crippen molar-refractivity contribution in [3.05, 3.63) is 17.4 Å². The molecule has 2 N–H and O–H groups in total. The fraction of sp³-hybridized carbons (Fsp3) is 0.250. The topological polar surface area (TPSA) is 101 Å². The number of carbonyl (C=O) groups is 2. The predicted octanol–water partition coefficient (Wildman–Crippen LogP) is 0.170. The highest BCUT2D eigenvalue weighted by Crippen LogP contribution is 2.05. The Balaban J connectivity index is 2.37. The summed E-state index contributed by atoms with van der Waals surface area (Å²) < 4.78 is 4.56. The highest BCUT2D eigenvalue weighted by molar-refractivity contribution is 6.29. The van der Waals surface area contributed by atoms with Crippen molar-refractivity contribution in [2.24, 2.45) is 0 Å². The first-order chi connectivity index (χ1) is 7.58. The van der Waals surface area contributed by atoms with Crippen LogP contribution in [0.4, 0.5) is 5.95 Å². The molecule has 0 atom stereocenters. The summed E-state index contributed by atoms with van der Waals surface area (Å²) in [5.41, 5.74) is 0. The number of rotatable bonds is 5. The maximum atomic E-state index is 11.2. The van der Waals surface area contributed by atoms with Crippen molar-refractivity contribution in [2.75, 3.05) is 18.5 Å². The number of carboxylic acids is 1. The van der Waals surface area contributed by atoms with Gasteiger partial charge in [-0.1, -0.05) is 11.6 Å². The lowest BCUT2D eigenvalue weighted by molar-refractivity contribution is -0.143. The Morgan fingerprint density at radius 2 is 2.25 bits per heavy atom. The SMILES string of the molecule is O=C(O)COCC(=O)Nc1nccc(Cl)n1. The number of nitrogens with zero attached hydrogens (tertiary/aromatic N) is 2. The number of anilines is 1. The molecular formula is C8H8ClN3O4. The molecule has 0 unspecified atom stereocenters. The summed E-state index contributed by atoms with van der Waals surface area (Å²) in [6.07, 6.45) is 1.38.